The van der Waals surface area contributed by atoms with Gasteiger partial charge in [0.25, 0.3) is 0 Å². The molecular formula is C18H20FN5O. The van der Waals surface area contributed by atoms with Crippen molar-refractivity contribution in [3.63, 3.8) is 0 Å². The SMILES string of the molecule is Cc1ccc(-c2noc(CN3CCC(c4cn[nH]c4)CC3)n2)cc1F. The molecule has 4 rings (SSSR count). The summed E-state index contributed by atoms with van der Waals surface area (Å²) in [5, 5.41) is 10.9. The maximum absolute atomic E-state index is 13.7. The number of piperidine rings is 1. The molecule has 130 valence electrons. The molecule has 1 aromatic carbocycles. The first-order chi connectivity index (χ1) is 12.2. The minimum absolute atomic E-state index is 0.259. The molecule has 1 aliphatic heterocycles. The highest BCUT2D eigenvalue weighted by Gasteiger charge is 2.22. The van der Waals surface area contributed by atoms with Gasteiger partial charge in [-0.25, -0.2) is 4.39 Å². The van der Waals surface area contributed by atoms with Crippen molar-refractivity contribution < 1.29 is 8.91 Å². The second kappa shape index (κ2) is 6.76. The average Bonchev–Trinajstić information content (AvgIpc) is 3.30. The third-order valence-electron chi connectivity index (χ3n) is 4.84. The lowest BCUT2D eigenvalue weighted by Crippen LogP contribution is -2.32. The van der Waals surface area contributed by atoms with Crippen LogP contribution in [-0.2, 0) is 6.54 Å². The second-order valence-corrected chi connectivity index (χ2v) is 6.56. The van der Waals surface area contributed by atoms with E-state index in [0.29, 0.717) is 35.3 Å². The Morgan fingerprint density at radius 1 is 1.32 bits per heavy atom. The lowest BCUT2D eigenvalue weighted by atomic mass is 9.92. The van der Waals surface area contributed by atoms with Crippen molar-refractivity contribution >= 4 is 0 Å². The minimum atomic E-state index is -0.259. The Morgan fingerprint density at radius 3 is 2.88 bits per heavy atom. The van der Waals surface area contributed by atoms with E-state index >= 15 is 0 Å². The van der Waals surface area contributed by atoms with E-state index in [4.69, 9.17) is 4.52 Å². The average molecular weight is 341 g/mol. The van der Waals surface area contributed by atoms with Gasteiger partial charge in [0.15, 0.2) is 0 Å². The quantitative estimate of drug-likeness (QED) is 0.788. The first-order valence-electron chi connectivity index (χ1n) is 8.49. The molecule has 0 spiro atoms. The summed E-state index contributed by atoms with van der Waals surface area (Å²) in [6, 6.07) is 4.98. The van der Waals surface area contributed by atoms with Gasteiger partial charge < -0.3 is 4.52 Å². The van der Waals surface area contributed by atoms with Gasteiger partial charge in [0.1, 0.15) is 5.82 Å². The number of halogens is 1. The Morgan fingerprint density at radius 2 is 2.16 bits per heavy atom. The van der Waals surface area contributed by atoms with Crippen LogP contribution < -0.4 is 0 Å². The first kappa shape index (κ1) is 16.0. The zero-order valence-corrected chi connectivity index (χ0v) is 14.1. The van der Waals surface area contributed by atoms with Gasteiger partial charge in [-0.2, -0.15) is 10.1 Å². The number of aromatic amines is 1. The molecule has 2 aromatic heterocycles. The smallest absolute Gasteiger partial charge is 0.241 e. The first-order valence-corrected chi connectivity index (χ1v) is 8.49. The van der Waals surface area contributed by atoms with Crippen LogP contribution in [0.25, 0.3) is 11.4 Å². The molecule has 0 radical (unpaired) electrons. The summed E-state index contributed by atoms with van der Waals surface area (Å²) in [6.45, 7) is 4.31. The van der Waals surface area contributed by atoms with E-state index in [9.17, 15) is 4.39 Å². The molecule has 1 N–H and O–H groups in total. The van der Waals surface area contributed by atoms with Crippen molar-refractivity contribution in [3.05, 3.63) is 53.4 Å². The molecule has 3 heterocycles. The summed E-state index contributed by atoms with van der Waals surface area (Å²) in [7, 11) is 0. The van der Waals surface area contributed by atoms with Crippen LogP contribution in [0.1, 0.15) is 35.8 Å². The molecule has 0 bridgehead atoms. The molecule has 1 aliphatic rings. The number of hydrogen-bond donors (Lipinski definition) is 1. The fourth-order valence-electron chi connectivity index (χ4n) is 3.27. The van der Waals surface area contributed by atoms with Gasteiger partial charge in [-0.05, 0) is 56.0 Å². The molecule has 1 saturated heterocycles. The van der Waals surface area contributed by atoms with Crippen molar-refractivity contribution in [1.82, 2.24) is 25.2 Å². The summed E-state index contributed by atoms with van der Waals surface area (Å²) in [4.78, 5) is 6.72. The number of hydrogen-bond acceptors (Lipinski definition) is 5. The van der Waals surface area contributed by atoms with Crippen LogP contribution in [0.5, 0.6) is 0 Å². The molecule has 0 amide bonds. The number of nitrogens with one attached hydrogen (secondary N) is 1. The van der Waals surface area contributed by atoms with Gasteiger partial charge in [0.2, 0.25) is 11.7 Å². The fraction of sp³-hybridized carbons (Fsp3) is 0.389. The lowest BCUT2D eigenvalue weighted by molar-refractivity contribution is 0.181. The largest absolute Gasteiger partial charge is 0.338 e. The Bertz CT molecular complexity index is 837. The summed E-state index contributed by atoms with van der Waals surface area (Å²) >= 11 is 0. The normalized spacial score (nSPS) is 16.4. The van der Waals surface area contributed by atoms with Crippen molar-refractivity contribution in [2.75, 3.05) is 13.1 Å². The van der Waals surface area contributed by atoms with E-state index < -0.39 is 0 Å². The molecule has 3 aromatic rings. The van der Waals surface area contributed by atoms with Crippen LogP contribution in [0.3, 0.4) is 0 Å². The number of likely N-dealkylation sites (tertiary alicyclic amines) is 1. The molecule has 6 nitrogen and oxygen atoms in total. The number of nitrogens with zero attached hydrogens (tertiary/aromatic N) is 4. The summed E-state index contributed by atoms with van der Waals surface area (Å²) in [5.74, 6) is 1.30. The minimum Gasteiger partial charge on any atom is -0.338 e. The van der Waals surface area contributed by atoms with Gasteiger partial charge in [-0.3, -0.25) is 10.00 Å². The molecule has 1 fully saturated rings. The van der Waals surface area contributed by atoms with Crippen LogP contribution in [0.2, 0.25) is 0 Å². The fourth-order valence-corrected chi connectivity index (χ4v) is 3.27. The van der Waals surface area contributed by atoms with Crippen molar-refractivity contribution in [1.29, 1.82) is 0 Å². The number of benzene rings is 1. The number of rotatable bonds is 4. The predicted molar refractivity (Wildman–Crippen MR) is 90.3 cm³/mol. The van der Waals surface area contributed by atoms with E-state index in [1.54, 1.807) is 13.0 Å². The maximum atomic E-state index is 13.7. The van der Waals surface area contributed by atoms with Crippen LogP contribution in [0.15, 0.2) is 35.1 Å². The van der Waals surface area contributed by atoms with Gasteiger partial charge >= 0.3 is 0 Å². The molecule has 7 heteroatoms. The summed E-state index contributed by atoms with van der Waals surface area (Å²) < 4.78 is 19.0. The zero-order chi connectivity index (χ0) is 17.2. The summed E-state index contributed by atoms with van der Waals surface area (Å²) in [6.07, 6.45) is 6.06. The van der Waals surface area contributed by atoms with E-state index in [1.807, 2.05) is 18.5 Å². The Kier molecular flexibility index (Phi) is 4.31. The van der Waals surface area contributed by atoms with Gasteiger partial charge in [0.05, 0.1) is 12.7 Å². The predicted octanol–water partition coefficient (Wildman–Crippen LogP) is 3.29. The van der Waals surface area contributed by atoms with Crippen LogP contribution in [-0.4, -0.2) is 38.3 Å². The molecule has 0 saturated carbocycles. The third-order valence-corrected chi connectivity index (χ3v) is 4.84. The van der Waals surface area contributed by atoms with E-state index in [-0.39, 0.29) is 5.82 Å². The van der Waals surface area contributed by atoms with Gasteiger partial charge in [-0.15, -0.1) is 0 Å². The van der Waals surface area contributed by atoms with Gasteiger partial charge in [0, 0.05) is 11.8 Å². The van der Waals surface area contributed by atoms with Crippen LogP contribution in [0, 0.1) is 12.7 Å². The molecular weight excluding hydrogens is 321 g/mol. The molecule has 25 heavy (non-hydrogen) atoms. The zero-order valence-electron chi connectivity index (χ0n) is 14.1. The van der Waals surface area contributed by atoms with Crippen molar-refractivity contribution in [2.24, 2.45) is 0 Å². The van der Waals surface area contributed by atoms with E-state index in [1.165, 1.54) is 11.6 Å². The van der Waals surface area contributed by atoms with Gasteiger partial charge in [-0.1, -0.05) is 17.3 Å². The number of aromatic nitrogens is 4. The third kappa shape index (κ3) is 3.46. The lowest BCUT2D eigenvalue weighted by Gasteiger charge is -2.30. The standard InChI is InChI=1S/C18H20FN5O/c1-12-2-3-14(8-16(12)19)18-22-17(25-23-18)11-24-6-4-13(5-7-24)15-9-20-21-10-15/h2-3,8-10,13H,4-7,11H2,1H3,(H,20,21). The van der Waals surface area contributed by atoms with E-state index in [0.717, 1.165) is 25.9 Å². The Balaban J connectivity index is 1.38. The highest BCUT2D eigenvalue weighted by Crippen LogP contribution is 2.28. The number of aryl methyl sites for hydroxylation is 1. The van der Waals surface area contributed by atoms with Crippen molar-refractivity contribution in [2.45, 2.75) is 32.2 Å². The monoisotopic (exact) mass is 341 g/mol. The second-order valence-electron chi connectivity index (χ2n) is 6.56. The molecule has 0 aliphatic carbocycles. The summed E-state index contributed by atoms with van der Waals surface area (Å²) in [5.41, 5.74) is 2.52. The molecule has 0 atom stereocenters. The van der Waals surface area contributed by atoms with Crippen LogP contribution >= 0.6 is 0 Å². The number of H-pyrrole nitrogens is 1. The Hall–Kier alpha value is -2.54. The van der Waals surface area contributed by atoms with Crippen molar-refractivity contribution in [3.8, 4) is 11.4 Å². The molecule has 0 unspecified atom stereocenters. The maximum Gasteiger partial charge on any atom is 0.241 e. The Labute approximate surface area is 145 Å². The van der Waals surface area contributed by atoms with Crippen LogP contribution in [0.4, 0.5) is 4.39 Å². The highest BCUT2D eigenvalue weighted by molar-refractivity contribution is 5.54. The van der Waals surface area contributed by atoms with E-state index in [2.05, 4.69) is 25.2 Å². The highest BCUT2D eigenvalue weighted by atomic mass is 19.1. The topological polar surface area (TPSA) is 70.8 Å².